The fourth-order valence-corrected chi connectivity index (χ4v) is 3.28. The van der Waals surface area contributed by atoms with Gasteiger partial charge in [0.25, 0.3) is 0 Å². The Labute approximate surface area is 117 Å². The SMILES string of the molecule is CCc1nn(C)cc1CNCC1CCC(CC)CC1. The molecule has 1 aliphatic rings. The minimum absolute atomic E-state index is 0.893. The van der Waals surface area contributed by atoms with Crippen molar-refractivity contribution in [2.75, 3.05) is 6.54 Å². The third-order valence-corrected chi connectivity index (χ3v) is 4.62. The number of aromatic nitrogens is 2. The van der Waals surface area contributed by atoms with Gasteiger partial charge in [0.1, 0.15) is 0 Å². The second kappa shape index (κ2) is 7.09. The van der Waals surface area contributed by atoms with Crippen LogP contribution in [0.5, 0.6) is 0 Å². The molecule has 1 aromatic rings. The molecule has 1 saturated carbocycles. The topological polar surface area (TPSA) is 29.9 Å². The zero-order valence-corrected chi connectivity index (χ0v) is 12.8. The maximum Gasteiger partial charge on any atom is 0.0666 e. The lowest BCUT2D eigenvalue weighted by Crippen LogP contribution is -2.26. The van der Waals surface area contributed by atoms with Crippen molar-refractivity contribution in [3.63, 3.8) is 0 Å². The Hall–Kier alpha value is -0.830. The molecule has 0 unspecified atom stereocenters. The summed E-state index contributed by atoms with van der Waals surface area (Å²) in [5, 5.41) is 8.13. The minimum Gasteiger partial charge on any atom is -0.312 e. The molecule has 3 heteroatoms. The summed E-state index contributed by atoms with van der Waals surface area (Å²) >= 11 is 0. The molecule has 0 radical (unpaired) electrons. The van der Waals surface area contributed by atoms with Crippen LogP contribution >= 0.6 is 0 Å². The quantitative estimate of drug-likeness (QED) is 0.853. The van der Waals surface area contributed by atoms with E-state index in [1.165, 1.54) is 49.9 Å². The number of nitrogens with zero attached hydrogens (tertiary/aromatic N) is 2. The Morgan fingerprint density at radius 1 is 1.21 bits per heavy atom. The molecule has 1 aromatic heterocycles. The summed E-state index contributed by atoms with van der Waals surface area (Å²) in [7, 11) is 2.01. The van der Waals surface area contributed by atoms with Crippen molar-refractivity contribution in [3.8, 4) is 0 Å². The van der Waals surface area contributed by atoms with E-state index in [0.717, 1.165) is 24.8 Å². The van der Waals surface area contributed by atoms with Crippen LogP contribution in [0.2, 0.25) is 0 Å². The number of nitrogens with one attached hydrogen (secondary N) is 1. The average molecular weight is 263 g/mol. The molecule has 108 valence electrons. The van der Waals surface area contributed by atoms with Gasteiger partial charge < -0.3 is 5.32 Å². The van der Waals surface area contributed by atoms with Gasteiger partial charge in [0, 0.05) is 25.4 Å². The molecule has 19 heavy (non-hydrogen) atoms. The smallest absolute Gasteiger partial charge is 0.0666 e. The first-order valence-corrected chi connectivity index (χ1v) is 7.95. The molecular weight excluding hydrogens is 234 g/mol. The maximum atomic E-state index is 4.49. The van der Waals surface area contributed by atoms with Gasteiger partial charge in [-0.25, -0.2) is 0 Å². The van der Waals surface area contributed by atoms with Crippen LogP contribution in [0, 0.1) is 11.8 Å². The van der Waals surface area contributed by atoms with Gasteiger partial charge in [-0.3, -0.25) is 4.68 Å². The van der Waals surface area contributed by atoms with Crippen LogP contribution in [0.3, 0.4) is 0 Å². The van der Waals surface area contributed by atoms with E-state index in [0.29, 0.717) is 0 Å². The molecular formula is C16H29N3. The van der Waals surface area contributed by atoms with Crippen LogP contribution in [0.4, 0.5) is 0 Å². The molecule has 3 nitrogen and oxygen atoms in total. The van der Waals surface area contributed by atoms with Gasteiger partial charge in [0.05, 0.1) is 5.69 Å². The third-order valence-electron chi connectivity index (χ3n) is 4.62. The molecule has 1 aliphatic carbocycles. The van der Waals surface area contributed by atoms with E-state index in [-0.39, 0.29) is 0 Å². The number of rotatable bonds is 6. The number of aryl methyl sites for hydroxylation is 2. The first-order valence-electron chi connectivity index (χ1n) is 7.95. The van der Waals surface area contributed by atoms with Crippen molar-refractivity contribution in [2.24, 2.45) is 18.9 Å². The Kier molecular flexibility index (Phi) is 5.44. The van der Waals surface area contributed by atoms with Crippen LogP contribution in [-0.4, -0.2) is 16.3 Å². The summed E-state index contributed by atoms with van der Waals surface area (Å²) in [4.78, 5) is 0. The van der Waals surface area contributed by atoms with E-state index in [9.17, 15) is 0 Å². The molecule has 0 amide bonds. The molecule has 0 aromatic carbocycles. The predicted molar refractivity (Wildman–Crippen MR) is 80.0 cm³/mol. The minimum atomic E-state index is 0.893. The normalized spacial score (nSPS) is 23.7. The van der Waals surface area contributed by atoms with Crippen molar-refractivity contribution in [1.29, 1.82) is 0 Å². The summed E-state index contributed by atoms with van der Waals surface area (Å²) in [5.74, 6) is 1.89. The fraction of sp³-hybridized carbons (Fsp3) is 0.812. The summed E-state index contributed by atoms with van der Waals surface area (Å²) in [5.41, 5.74) is 2.61. The number of hydrogen-bond acceptors (Lipinski definition) is 2. The molecule has 0 spiro atoms. The molecule has 0 bridgehead atoms. The van der Waals surface area contributed by atoms with Gasteiger partial charge in [0.15, 0.2) is 0 Å². The summed E-state index contributed by atoms with van der Waals surface area (Å²) in [6, 6.07) is 0. The van der Waals surface area contributed by atoms with Gasteiger partial charge in [-0.15, -0.1) is 0 Å². The van der Waals surface area contributed by atoms with E-state index in [2.05, 4.69) is 30.5 Å². The second-order valence-corrected chi connectivity index (χ2v) is 6.05. The van der Waals surface area contributed by atoms with E-state index in [4.69, 9.17) is 0 Å². The lowest BCUT2D eigenvalue weighted by atomic mass is 9.81. The van der Waals surface area contributed by atoms with Crippen molar-refractivity contribution in [2.45, 2.75) is 58.9 Å². The Morgan fingerprint density at radius 2 is 1.89 bits per heavy atom. The molecule has 1 heterocycles. The van der Waals surface area contributed by atoms with Crippen LogP contribution in [0.25, 0.3) is 0 Å². The van der Waals surface area contributed by atoms with E-state index < -0.39 is 0 Å². The van der Waals surface area contributed by atoms with Gasteiger partial charge in [-0.1, -0.05) is 33.1 Å². The largest absolute Gasteiger partial charge is 0.312 e. The van der Waals surface area contributed by atoms with Gasteiger partial charge in [-0.05, 0) is 37.6 Å². The van der Waals surface area contributed by atoms with Crippen LogP contribution < -0.4 is 5.32 Å². The predicted octanol–water partition coefficient (Wildman–Crippen LogP) is 3.29. The van der Waals surface area contributed by atoms with E-state index >= 15 is 0 Å². The molecule has 2 rings (SSSR count). The first-order chi connectivity index (χ1) is 9.22. The van der Waals surface area contributed by atoms with Crippen molar-refractivity contribution < 1.29 is 0 Å². The second-order valence-electron chi connectivity index (χ2n) is 6.05. The highest BCUT2D eigenvalue weighted by Gasteiger charge is 2.19. The summed E-state index contributed by atoms with van der Waals surface area (Å²) in [6.45, 7) is 6.66. The van der Waals surface area contributed by atoms with E-state index in [1.54, 1.807) is 0 Å². The lowest BCUT2D eigenvalue weighted by molar-refractivity contribution is 0.262. The number of hydrogen-bond donors (Lipinski definition) is 1. The summed E-state index contributed by atoms with van der Waals surface area (Å²) in [6.07, 6.45) is 10.3. The van der Waals surface area contributed by atoms with Gasteiger partial charge >= 0.3 is 0 Å². The van der Waals surface area contributed by atoms with Crippen molar-refractivity contribution in [3.05, 3.63) is 17.5 Å². The zero-order chi connectivity index (χ0) is 13.7. The standard InChI is InChI=1S/C16H29N3/c1-4-13-6-8-14(9-7-13)10-17-11-15-12-19(3)18-16(15)5-2/h12-14,17H,4-11H2,1-3H3. The highest BCUT2D eigenvalue weighted by Crippen LogP contribution is 2.30. The molecule has 0 saturated heterocycles. The van der Waals surface area contributed by atoms with Gasteiger partial charge in [-0.2, -0.15) is 5.10 Å². The molecule has 0 aliphatic heterocycles. The Morgan fingerprint density at radius 3 is 2.53 bits per heavy atom. The summed E-state index contributed by atoms with van der Waals surface area (Å²) < 4.78 is 1.93. The first kappa shape index (κ1) is 14.6. The highest BCUT2D eigenvalue weighted by molar-refractivity contribution is 5.16. The van der Waals surface area contributed by atoms with Crippen LogP contribution in [0.15, 0.2) is 6.20 Å². The Balaban J connectivity index is 1.72. The molecule has 1 N–H and O–H groups in total. The fourth-order valence-electron chi connectivity index (χ4n) is 3.28. The molecule has 1 fully saturated rings. The molecule has 0 atom stereocenters. The maximum absolute atomic E-state index is 4.49. The monoisotopic (exact) mass is 263 g/mol. The Bertz CT molecular complexity index is 375. The zero-order valence-electron chi connectivity index (χ0n) is 12.8. The van der Waals surface area contributed by atoms with Crippen LogP contribution in [0.1, 0.15) is 57.2 Å². The van der Waals surface area contributed by atoms with Gasteiger partial charge in [0.2, 0.25) is 0 Å². The third kappa shape index (κ3) is 4.07. The van der Waals surface area contributed by atoms with Crippen molar-refractivity contribution >= 4 is 0 Å². The van der Waals surface area contributed by atoms with Crippen molar-refractivity contribution in [1.82, 2.24) is 15.1 Å². The highest BCUT2D eigenvalue weighted by atomic mass is 15.3. The average Bonchev–Trinajstić information content (AvgIpc) is 2.80. The van der Waals surface area contributed by atoms with E-state index in [1.807, 2.05) is 11.7 Å². The van der Waals surface area contributed by atoms with Crippen LogP contribution in [-0.2, 0) is 20.0 Å². The lowest BCUT2D eigenvalue weighted by Gasteiger charge is -2.27.